The number of hydrogen-bond acceptors (Lipinski definition) is 5. The summed E-state index contributed by atoms with van der Waals surface area (Å²) in [4.78, 5) is 26.5. The van der Waals surface area contributed by atoms with Gasteiger partial charge in [0.2, 0.25) is 5.91 Å². The molecule has 8 heteroatoms. The molecule has 4 rings (SSSR count). The molecule has 2 amide bonds. The van der Waals surface area contributed by atoms with Crippen LogP contribution in [-0.2, 0) is 9.53 Å². The number of hydrogen-bond donors (Lipinski definition) is 2. The number of carbonyl (C=O) groups is 2. The van der Waals surface area contributed by atoms with E-state index in [2.05, 4.69) is 10.2 Å². The van der Waals surface area contributed by atoms with Gasteiger partial charge >= 0.3 is 6.09 Å². The van der Waals surface area contributed by atoms with E-state index in [9.17, 15) is 14.0 Å². The number of nitrogens with one attached hydrogen (secondary N) is 1. The van der Waals surface area contributed by atoms with E-state index in [0.29, 0.717) is 35.7 Å². The zero-order valence-electron chi connectivity index (χ0n) is 14.7. The molecule has 2 aliphatic heterocycles. The molecule has 0 bridgehead atoms. The molecule has 3 aliphatic rings. The topological polar surface area (TPSA) is 87.9 Å². The minimum absolute atomic E-state index is 0.185. The van der Waals surface area contributed by atoms with Crippen LogP contribution in [0.2, 0.25) is 0 Å². The van der Waals surface area contributed by atoms with Crippen LogP contribution in [0.4, 0.5) is 20.6 Å². The van der Waals surface area contributed by atoms with Gasteiger partial charge in [-0.25, -0.2) is 9.18 Å². The Morgan fingerprint density at radius 2 is 2.08 bits per heavy atom. The number of nitrogens with zero attached hydrogens (tertiary/aromatic N) is 2. The van der Waals surface area contributed by atoms with Gasteiger partial charge in [-0.3, -0.25) is 9.69 Å². The number of carbonyl (C=O) groups excluding carboxylic acids is 2. The van der Waals surface area contributed by atoms with Crippen LogP contribution in [0.1, 0.15) is 6.92 Å². The van der Waals surface area contributed by atoms with E-state index in [1.807, 2.05) is 0 Å². The predicted octanol–water partition coefficient (Wildman–Crippen LogP) is 0.928. The predicted molar refractivity (Wildman–Crippen MR) is 94.4 cm³/mol. The number of fused-ring (bicyclic) bond motifs is 1. The Labute approximate surface area is 151 Å². The Balaban J connectivity index is 1.42. The highest BCUT2D eigenvalue weighted by molar-refractivity contribution is 5.90. The first-order valence-corrected chi connectivity index (χ1v) is 8.95. The first kappa shape index (κ1) is 17.1. The van der Waals surface area contributed by atoms with Gasteiger partial charge in [-0.05, 0) is 42.5 Å². The molecular weight excluding hydrogens is 339 g/mol. The van der Waals surface area contributed by atoms with E-state index in [1.54, 1.807) is 12.1 Å². The van der Waals surface area contributed by atoms with Crippen molar-refractivity contribution in [3.63, 3.8) is 0 Å². The summed E-state index contributed by atoms with van der Waals surface area (Å²) in [6.45, 7) is 4.32. The monoisotopic (exact) mass is 362 g/mol. The lowest BCUT2D eigenvalue weighted by Gasteiger charge is -2.23. The normalized spacial score (nSPS) is 29.6. The van der Waals surface area contributed by atoms with Crippen molar-refractivity contribution in [2.24, 2.45) is 23.5 Å². The lowest BCUT2D eigenvalue weighted by molar-refractivity contribution is -0.119. The number of amides is 2. The molecular formula is C18H23FN4O3. The third-order valence-corrected chi connectivity index (χ3v) is 5.68. The van der Waals surface area contributed by atoms with Crippen LogP contribution in [-0.4, -0.2) is 50.8 Å². The van der Waals surface area contributed by atoms with Crippen molar-refractivity contribution < 1.29 is 18.7 Å². The van der Waals surface area contributed by atoms with Crippen molar-refractivity contribution in [3.8, 4) is 0 Å². The van der Waals surface area contributed by atoms with E-state index in [4.69, 9.17) is 10.5 Å². The summed E-state index contributed by atoms with van der Waals surface area (Å²) in [6.07, 6.45) is -0.964. The molecule has 1 aliphatic carbocycles. The molecule has 0 radical (unpaired) electrons. The van der Waals surface area contributed by atoms with Crippen LogP contribution < -0.4 is 20.9 Å². The first-order chi connectivity index (χ1) is 12.5. The number of anilines is 2. The van der Waals surface area contributed by atoms with Crippen molar-refractivity contribution in [3.05, 3.63) is 24.0 Å². The highest BCUT2D eigenvalue weighted by Gasteiger charge is 2.54. The summed E-state index contributed by atoms with van der Waals surface area (Å²) < 4.78 is 19.9. The Kier molecular flexibility index (Phi) is 4.22. The summed E-state index contributed by atoms with van der Waals surface area (Å²) in [5.41, 5.74) is 6.76. The molecule has 7 nitrogen and oxygen atoms in total. The fraction of sp³-hybridized carbons (Fsp3) is 0.556. The number of ether oxygens (including phenoxy) is 1. The minimum Gasteiger partial charge on any atom is -0.442 e. The van der Waals surface area contributed by atoms with E-state index in [0.717, 1.165) is 13.1 Å². The second-order valence-corrected chi connectivity index (χ2v) is 7.32. The Hall–Kier alpha value is -2.35. The Bertz CT molecular complexity index is 731. The van der Waals surface area contributed by atoms with Gasteiger partial charge in [0.25, 0.3) is 0 Å². The summed E-state index contributed by atoms with van der Waals surface area (Å²) in [7, 11) is 0. The van der Waals surface area contributed by atoms with E-state index < -0.39 is 12.2 Å². The van der Waals surface area contributed by atoms with Crippen LogP contribution in [0.25, 0.3) is 0 Å². The smallest absolute Gasteiger partial charge is 0.414 e. The highest BCUT2D eigenvalue weighted by atomic mass is 19.1. The molecule has 140 valence electrons. The number of cyclic esters (lactones) is 1. The first-order valence-electron chi connectivity index (χ1n) is 8.95. The maximum Gasteiger partial charge on any atom is 0.414 e. The standard InChI is InChI=1S/C18H23FN4O3/c1-10(24)21-6-12-7-23(18(25)26-12)11-2-3-17(16(19)4-11)22-8-14-13(5-20)15(14)9-22/h2-4,12-15H,5-9,20H2,1H3,(H,21,24)/t12-,13?,14?,15?/m0/s1. The summed E-state index contributed by atoms with van der Waals surface area (Å²) >= 11 is 0. The van der Waals surface area contributed by atoms with Crippen LogP contribution in [0.15, 0.2) is 18.2 Å². The molecule has 0 spiro atoms. The average Bonchev–Trinajstić information content (AvgIpc) is 2.93. The second-order valence-electron chi connectivity index (χ2n) is 7.32. The molecule has 1 aromatic rings. The van der Waals surface area contributed by atoms with Crippen molar-refractivity contribution in [2.75, 3.05) is 42.5 Å². The second kappa shape index (κ2) is 6.42. The van der Waals surface area contributed by atoms with Gasteiger partial charge in [0, 0.05) is 20.0 Å². The fourth-order valence-corrected chi connectivity index (χ4v) is 4.21. The van der Waals surface area contributed by atoms with E-state index in [-0.39, 0.29) is 24.8 Å². The lowest BCUT2D eigenvalue weighted by atomic mass is 10.2. The van der Waals surface area contributed by atoms with Gasteiger partial charge in [-0.2, -0.15) is 0 Å². The van der Waals surface area contributed by atoms with Crippen molar-refractivity contribution >= 4 is 23.4 Å². The van der Waals surface area contributed by atoms with Gasteiger partial charge in [-0.15, -0.1) is 0 Å². The molecule has 2 unspecified atom stereocenters. The average molecular weight is 362 g/mol. The minimum atomic E-state index is -0.527. The van der Waals surface area contributed by atoms with Crippen LogP contribution in [0.5, 0.6) is 0 Å². The molecule has 2 heterocycles. The SMILES string of the molecule is CC(=O)NC[C@H]1CN(c2ccc(N3CC4C(CN)C4C3)c(F)c2)C(=O)O1. The molecule has 3 atom stereocenters. The van der Waals surface area contributed by atoms with Crippen LogP contribution in [0.3, 0.4) is 0 Å². The lowest BCUT2D eigenvalue weighted by Crippen LogP contribution is -2.33. The van der Waals surface area contributed by atoms with Crippen molar-refractivity contribution in [2.45, 2.75) is 13.0 Å². The fourth-order valence-electron chi connectivity index (χ4n) is 4.21. The van der Waals surface area contributed by atoms with Gasteiger partial charge < -0.3 is 20.7 Å². The maximum atomic E-state index is 14.7. The molecule has 1 aromatic carbocycles. The highest BCUT2D eigenvalue weighted by Crippen LogP contribution is 2.52. The number of benzene rings is 1. The molecule has 26 heavy (non-hydrogen) atoms. The van der Waals surface area contributed by atoms with E-state index >= 15 is 0 Å². The van der Waals surface area contributed by atoms with E-state index in [1.165, 1.54) is 17.9 Å². The Morgan fingerprint density at radius 1 is 1.35 bits per heavy atom. The van der Waals surface area contributed by atoms with Gasteiger partial charge in [0.1, 0.15) is 11.9 Å². The van der Waals surface area contributed by atoms with Crippen LogP contribution in [0, 0.1) is 23.6 Å². The summed E-state index contributed by atoms with van der Waals surface area (Å²) in [5, 5.41) is 2.62. The molecule has 3 fully saturated rings. The van der Waals surface area contributed by atoms with Gasteiger partial charge in [0.05, 0.1) is 24.5 Å². The van der Waals surface area contributed by atoms with Gasteiger partial charge in [-0.1, -0.05) is 0 Å². The Morgan fingerprint density at radius 3 is 2.69 bits per heavy atom. The molecule has 0 aromatic heterocycles. The third kappa shape index (κ3) is 2.98. The molecule has 3 N–H and O–H groups in total. The largest absolute Gasteiger partial charge is 0.442 e. The quantitative estimate of drug-likeness (QED) is 0.814. The molecule has 1 saturated carbocycles. The number of nitrogens with two attached hydrogens (primary N) is 1. The summed E-state index contributed by atoms with van der Waals surface area (Å²) in [5.74, 6) is 1.24. The maximum absolute atomic E-state index is 14.7. The van der Waals surface area contributed by atoms with Crippen molar-refractivity contribution in [1.29, 1.82) is 0 Å². The van der Waals surface area contributed by atoms with Gasteiger partial charge in [0.15, 0.2) is 0 Å². The number of piperidine rings is 1. The summed E-state index contributed by atoms with van der Waals surface area (Å²) in [6, 6.07) is 4.84. The zero-order chi connectivity index (χ0) is 18.4. The number of rotatable bonds is 5. The zero-order valence-corrected chi connectivity index (χ0v) is 14.7. The van der Waals surface area contributed by atoms with Crippen molar-refractivity contribution in [1.82, 2.24) is 5.32 Å². The molecule has 2 saturated heterocycles. The van der Waals surface area contributed by atoms with Crippen LogP contribution >= 0.6 is 0 Å². The third-order valence-electron chi connectivity index (χ3n) is 5.68. The number of halogens is 1.